The number of pyridine rings is 1. The molecule has 0 radical (unpaired) electrons. The first kappa shape index (κ1) is 13.4. The first-order valence-corrected chi connectivity index (χ1v) is 7.88. The van der Waals surface area contributed by atoms with Crippen LogP contribution in [0.15, 0.2) is 47.8 Å². The van der Waals surface area contributed by atoms with Gasteiger partial charge in [-0.25, -0.2) is 0 Å². The number of benzene rings is 1. The van der Waals surface area contributed by atoms with Crippen LogP contribution in [0.4, 0.5) is 0 Å². The smallest absolute Gasteiger partial charge is 0.130 e. The van der Waals surface area contributed by atoms with Crippen LogP contribution >= 0.6 is 22.9 Å². The maximum atomic E-state index is 5.94. The minimum atomic E-state index is 0.395. The summed E-state index contributed by atoms with van der Waals surface area (Å²) >= 11 is 7.65. The van der Waals surface area contributed by atoms with Crippen molar-refractivity contribution in [1.29, 1.82) is 0 Å². The van der Waals surface area contributed by atoms with E-state index >= 15 is 0 Å². The van der Waals surface area contributed by atoms with Crippen molar-refractivity contribution < 1.29 is 4.74 Å². The molecule has 0 bridgehead atoms. The van der Waals surface area contributed by atoms with E-state index in [1.165, 1.54) is 4.88 Å². The summed E-state index contributed by atoms with van der Waals surface area (Å²) in [5, 5.41) is 3.12. The van der Waals surface area contributed by atoms with Crippen LogP contribution in [0.5, 0.6) is 5.75 Å². The predicted molar refractivity (Wildman–Crippen MR) is 84.8 cm³/mol. The number of alkyl halides is 1. The van der Waals surface area contributed by atoms with Gasteiger partial charge in [-0.15, -0.1) is 22.9 Å². The van der Waals surface area contributed by atoms with E-state index in [1.807, 2.05) is 30.3 Å². The van der Waals surface area contributed by atoms with Crippen LogP contribution in [-0.2, 0) is 12.3 Å². The van der Waals surface area contributed by atoms with Crippen LogP contribution in [0.25, 0.3) is 10.9 Å². The fourth-order valence-corrected chi connectivity index (χ4v) is 2.93. The Hall–Kier alpha value is -1.58. The zero-order valence-corrected chi connectivity index (χ0v) is 12.5. The van der Waals surface area contributed by atoms with Crippen molar-refractivity contribution in [2.75, 3.05) is 6.61 Å². The van der Waals surface area contributed by atoms with Gasteiger partial charge >= 0.3 is 0 Å². The van der Waals surface area contributed by atoms with E-state index in [4.69, 9.17) is 16.3 Å². The maximum Gasteiger partial charge on any atom is 0.130 e. The molecule has 0 atom stereocenters. The zero-order valence-electron chi connectivity index (χ0n) is 10.9. The Bertz CT molecular complexity index is 697. The Morgan fingerprint density at radius 2 is 2.05 bits per heavy atom. The second kappa shape index (κ2) is 6.25. The van der Waals surface area contributed by atoms with Gasteiger partial charge in [-0.05, 0) is 23.6 Å². The molecule has 20 heavy (non-hydrogen) atoms. The van der Waals surface area contributed by atoms with Crippen LogP contribution in [0, 0.1) is 0 Å². The number of hydrogen-bond donors (Lipinski definition) is 0. The van der Waals surface area contributed by atoms with Gasteiger partial charge in [-0.1, -0.05) is 18.2 Å². The Kier molecular flexibility index (Phi) is 4.19. The zero-order chi connectivity index (χ0) is 13.8. The number of halogens is 1. The quantitative estimate of drug-likeness (QED) is 0.640. The van der Waals surface area contributed by atoms with Crippen LogP contribution in [-0.4, -0.2) is 11.6 Å². The van der Waals surface area contributed by atoms with Gasteiger partial charge in [0.25, 0.3) is 0 Å². The van der Waals surface area contributed by atoms with Crippen molar-refractivity contribution in [1.82, 2.24) is 4.98 Å². The number of rotatable bonds is 5. The van der Waals surface area contributed by atoms with Crippen molar-refractivity contribution in [2.45, 2.75) is 12.3 Å². The molecule has 0 spiro atoms. The molecule has 0 saturated heterocycles. The van der Waals surface area contributed by atoms with Gasteiger partial charge in [-0.2, -0.15) is 0 Å². The Labute approximate surface area is 127 Å². The van der Waals surface area contributed by atoms with E-state index in [0.29, 0.717) is 12.5 Å². The van der Waals surface area contributed by atoms with E-state index in [2.05, 4.69) is 22.5 Å². The fraction of sp³-hybridized carbons (Fsp3) is 0.188. The van der Waals surface area contributed by atoms with Crippen molar-refractivity contribution >= 4 is 33.8 Å². The van der Waals surface area contributed by atoms with E-state index in [-0.39, 0.29) is 0 Å². The van der Waals surface area contributed by atoms with Crippen LogP contribution in [0.2, 0.25) is 0 Å². The monoisotopic (exact) mass is 303 g/mol. The lowest BCUT2D eigenvalue weighted by Gasteiger charge is -2.10. The van der Waals surface area contributed by atoms with Gasteiger partial charge in [0.15, 0.2) is 0 Å². The van der Waals surface area contributed by atoms with Gasteiger partial charge in [-0.3, -0.25) is 4.98 Å². The molecule has 0 aliphatic rings. The van der Waals surface area contributed by atoms with Gasteiger partial charge in [0.1, 0.15) is 5.75 Å². The molecule has 0 aliphatic carbocycles. The number of nitrogens with zero attached hydrogens (tertiary/aromatic N) is 1. The van der Waals surface area contributed by atoms with Gasteiger partial charge < -0.3 is 4.74 Å². The van der Waals surface area contributed by atoms with Gasteiger partial charge in [0.05, 0.1) is 23.7 Å². The highest BCUT2D eigenvalue weighted by Gasteiger charge is 2.06. The molecule has 2 aromatic heterocycles. The highest BCUT2D eigenvalue weighted by atomic mass is 35.5. The normalized spacial score (nSPS) is 10.8. The molecule has 2 heterocycles. The number of para-hydroxylation sites is 1. The number of hydrogen-bond acceptors (Lipinski definition) is 3. The number of thiophene rings is 1. The molecule has 3 rings (SSSR count). The fourth-order valence-electron chi connectivity index (χ4n) is 2.10. The lowest BCUT2D eigenvalue weighted by Crippen LogP contribution is -2.02. The average molecular weight is 304 g/mol. The highest BCUT2D eigenvalue weighted by molar-refractivity contribution is 7.09. The SMILES string of the molecule is ClCc1cc(OCCc2cccs2)c2ccccc2n1. The summed E-state index contributed by atoms with van der Waals surface area (Å²) in [6.45, 7) is 0.663. The van der Waals surface area contributed by atoms with Gasteiger partial charge in [0, 0.05) is 22.8 Å². The molecular weight excluding hydrogens is 290 g/mol. The second-order valence-corrected chi connectivity index (χ2v) is 5.74. The Balaban J connectivity index is 1.82. The third kappa shape index (κ3) is 2.94. The van der Waals surface area contributed by atoms with E-state index in [1.54, 1.807) is 11.3 Å². The highest BCUT2D eigenvalue weighted by Crippen LogP contribution is 2.26. The molecule has 0 amide bonds. The van der Waals surface area contributed by atoms with Crippen molar-refractivity contribution in [3.8, 4) is 5.75 Å². The second-order valence-electron chi connectivity index (χ2n) is 4.44. The number of ether oxygens (including phenoxy) is 1. The third-order valence-corrected chi connectivity index (χ3v) is 4.26. The van der Waals surface area contributed by atoms with E-state index < -0.39 is 0 Å². The summed E-state index contributed by atoms with van der Waals surface area (Å²) in [6.07, 6.45) is 0.921. The Morgan fingerprint density at radius 3 is 2.85 bits per heavy atom. The molecule has 0 saturated carbocycles. The Morgan fingerprint density at radius 1 is 1.15 bits per heavy atom. The summed E-state index contributed by atoms with van der Waals surface area (Å²) in [5.74, 6) is 1.26. The summed E-state index contributed by atoms with van der Waals surface area (Å²) in [5.41, 5.74) is 1.77. The number of aromatic nitrogens is 1. The summed E-state index contributed by atoms with van der Waals surface area (Å²) in [6, 6.07) is 14.1. The molecule has 0 aliphatic heterocycles. The first-order chi connectivity index (χ1) is 9.86. The summed E-state index contributed by atoms with van der Waals surface area (Å²) in [4.78, 5) is 5.84. The lowest BCUT2D eigenvalue weighted by atomic mass is 10.2. The van der Waals surface area contributed by atoms with Crippen LogP contribution in [0.1, 0.15) is 10.6 Å². The van der Waals surface area contributed by atoms with Crippen molar-refractivity contribution in [3.05, 3.63) is 58.4 Å². The molecule has 102 valence electrons. The topological polar surface area (TPSA) is 22.1 Å². The van der Waals surface area contributed by atoms with Gasteiger partial charge in [0.2, 0.25) is 0 Å². The molecule has 2 nitrogen and oxygen atoms in total. The first-order valence-electron chi connectivity index (χ1n) is 6.46. The van der Waals surface area contributed by atoms with Crippen molar-refractivity contribution in [2.24, 2.45) is 0 Å². The largest absolute Gasteiger partial charge is 0.492 e. The summed E-state index contributed by atoms with van der Waals surface area (Å²) in [7, 11) is 0. The molecular formula is C16H14ClNOS. The molecule has 1 aromatic carbocycles. The molecule has 3 aromatic rings. The lowest BCUT2D eigenvalue weighted by molar-refractivity contribution is 0.326. The standard InChI is InChI=1S/C16H14ClNOS/c17-11-12-10-16(14-5-1-2-6-15(14)18-12)19-8-7-13-4-3-9-20-13/h1-6,9-10H,7-8,11H2. The molecule has 4 heteroatoms. The van der Waals surface area contributed by atoms with E-state index in [9.17, 15) is 0 Å². The molecule has 0 fully saturated rings. The maximum absolute atomic E-state index is 5.94. The molecule has 0 N–H and O–H groups in total. The average Bonchev–Trinajstić information content (AvgIpc) is 3.00. The van der Waals surface area contributed by atoms with Crippen LogP contribution in [0.3, 0.4) is 0 Å². The molecule has 0 unspecified atom stereocenters. The summed E-state index contributed by atoms with van der Waals surface area (Å²) < 4.78 is 5.94. The van der Waals surface area contributed by atoms with Crippen LogP contribution < -0.4 is 4.74 Å². The van der Waals surface area contributed by atoms with E-state index in [0.717, 1.165) is 28.8 Å². The third-order valence-electron chi connectivity index (χ3n) is 3.05. The number of fused-ring (bicyclic) bond motifs is 1. The minimum Gasteiger partial charge on any atom is -0.492 e. The van der Waals surface area contributed by atoms with Crippen molar-refractivity contribution in [3.63, 3.8) is 0 Å². The minimum absolute atomic E-state index is 0.395. The predicted octanol–water partition coefficient (Wildman–Crippen LogP) is 4.66.